The molecule has 8 heteroatoms. The van der Waals surface area contributed by atoms with Gasteiger partial charge in [-0.05, 0) is 26.1 Å². The van der Waals surface area contributed by atoms with Crippen LogP contribution in [0, 0.1) is 6.92 Å². The van der Waals surface area contributed by atoms with Gasteiger partial charge >= 0.3 is 0 Å². The average molecular weight is 320 g/mol. The number of nitrogens with one attached hydrogen (secondary N) is 3. The molecule has 0 amide bonds. The number of nitrogens with zero attached hydrogens (tertiary/aromatic N) is 1. The van der Waals surface area contributed by atoms with Gasteiger partial charge in [-0.1, -0.05) is 13.8 Å². The molecule has 0 spiro atoms. The van der Waals surface area contributed by atoms with Crippen molar-refractivity contribution in [1.29, 1.82) is 0 Å². The van der Waals surface area contributed by atoms with E-state index in [9.17, 15) is 8.42 Å². The summed E-state index contributed by atoms with van der Waals surface area (Å²) in [6.45, 7) is 7.63. The van der Waals surface area contributed by atoms with Crippen molar-refractivity contribution in [2.75, 3.05) is 19.3 Å². The molecule has 0 saturated heterocycles. The molecule has 0 fully saturated rings. The Morgan fingerprint density at radius 3 is 2.75 bits per heavy atom. The fourth-order valence-electron chi connectivity index (χ4n) is 1.63. The maximum Gasteiger partial charge on any atom is 0.260 e. The summed E-state index contributed by atoms with van der Waals surface area (Å²) in [7, 11) is -3.56. The Bertz CT molecular complexity index is 514. The molecule has 0 aliphatic heterocycles. The first kappa shape index (κ1) is 17.5. The minimum Gasteiger partial charge on any atom is -0.313 e. The molecule has 0 saturated carbocycles. The zero-order valence-electron chi connectivity index (χ0n) is 12.5. The van der Waals surface area contributed by atoms with Crippen LogP contribution in [0.4, 0.5) is 0 Å². The molecule has 6 nitrogen and oxygen atoms in total. The lowest BCUT2D eigenvalue weighted by Gasteiger charge is -2.10. The fraction of sp³-hybridized carbons (Fsp3) is 0.750. The maximum atomic E-state index is 12.3. The van der Waals surface area contributed by atoms with Gasteiger partial charge in [0.2, 0.25) is 0 Å². The second-order valence-electron chi connectivity index (χ2n) is 4.71. The molecule has 1 unspecified atom stereocenters. The van der Waals surface area contributed by atoms with E-state index in [1.807, 2.05) is 20.1 Å². The van der Waals surface area contributed by atoms with Gasteiger partial charge in [-0.3, -0.25) is 5.10 Å². The second kappa shape index (κ2) is 8.02. The highest BCUT2D eigenvalue weighted by molar-refractivity contribution is 7.99. The van der Waals surface area contributed by atoms with E-state index in [-0.39, 0.29) is 10.3 Å². The van der Waals surface area contributed by atoms with Gasteiger partial charge < -0.3 is 5.32 Å². The summed E-state index contributed by atoms with van der Waals surface area (Å²) in [4.78, 5) is 0. The number of aromatic amines is 1. The summed E-state index contributed by atoms with van der Waals surface area (Å²) in [6, 6.07) is 0. The molecule has 0 aliphatic rings. The third-order valence-electron chi connectivity index (χ3n) is 2.98. The largest absolute Gasteiger partial charge is 0.313 e. The highest BCUT2D eigenvalue weighted by atomic mass is 32.2. The van der Waals surface area contributed by atoms with Crippen LogP contribution >= 0.6 is 11.8 Å². The molecule has 3 N–H and O–H groups in total. The van der Waals surface area contributed by atoms with E-state index < -0.39 is 10.0 Å². The van der Waals surface area contributed by atoms with Gasteiger partial charge in [0, 0.05) is 29.6 Å². The zero-order valence-corrected chi connectivity index (χ0v) is 14.1. The number of aryl methyl sites for hydroxylation is 1. The summed E-state index contributed by atoms with van der Waals surface area (Å²) in [5, 5.41) is 10.2. The van der Waals surface area contributed by atoms with Crippen LogP contribution in [-0.4, -0.2) is 43.2 Å². The molecule has 0 radical (unpaired) electrons. The Morgan fingerprint density at radius 1 is 1.45 bits per heavy atom. The Hall–Kier alpha value is -0.570. The SMILES string of the molecule is CCCNCc1c(S(=O)(=O)NCC(C)SC)n[nH]c1C. The summed E-state index contributed by atoms with van der Waals surface area (Å²) >= 11 is 1.62. The normalized spacial score (nSPS) is 13.6. The van der Waals surface area contributed by atoms with Crippen LogP contribution in [0.15, 0.2) is 5.03 Å². The summed E-state index contributed by atoms with van der Waals surface area (Å²) in [5.41, 5.74) is 1.50. The van der Waals surface area contributed by atoms with Crippen LogP contribution in [-0.2, 0) is 16.6 Å². The number of hydrogen-bond donors (Lipinski definition) is 3. The number of rotatable bonds is 9. The van der Waals surface area contributed by atoms with Crippen LogP contribution in [0.25, 0.3) is 0 Å². The molecular weight excluding hydrogens is 296 g/mol. The Morgan fingerprint density at radius 2 is 2.15 bits per heavy atom. The topological polar surface area (TPSA) is 86.9 Å². The van der Waals surface area contributed by atoms with E-state index in [4.69, 9.17) is 0 Å². The second-order valence-corrected chi connectivity index (χ2v) is 7.67. The van der Waals surface area contributed by atoms with Crippen LogP contribution in [0.2, 0.25) is 0 Å². The number of H-pyrrole nitrogens is 1. The minimum atomic E-state index is -3.56. The van der Waals surface area contributed by atoms with E-state index >= 15 is 0 Å². The fourth-order valence-corrected chi connectivity index (χ4v) is 3.31. The quantitative estimate of drug-likeness (QED) is 0.596. The van der Waals surface area contributed by atoms with Crippen molar-refractivity contribution in [1.82, 2.24) is 20.2 Å². The molecule has 1 aromatic heterocycles. The van der Waals surface area contributed by atoms with Crippen molar-refractivity contribution in [2.45, 2.75) is 44.0 Å². The molecule has 1 atom stereocenters. The predicted molar refractivity (Wildman–Crippen MR) is 83.5 cm³/mol. The van der Waals surface area contributed by atoms with E-state index in [0.717, 1.165) is 18.7 Å². The summed E-state index contributed by atoms with van der Waals surface area (Å²) in [6.07, 6.45) is 2.96. The molecule has 1 rings (SSSR count). The lowest BCUT2D eigenvalue weighted by molar-refractivity contribution is 0.573. The van der Waals surface area contributed by atoms with E-state index in [1.165, 1.54) is 0 Å². The van der Waals surface area contributed by atoms with Gasteiger partial charge in [0.15, 0.2) is 5.03 Å². The minimum absolute atomic E-state index is 0.104. The van der Waals surface area contributed by atoms with Gasteiger partial charge in [0.1, 0.15) is 0 Å². The first-order valence-corrected chi connectivity index (χ1v) is 9.46. The molecular formula is C12H24N4O2S2. The van der Waals surface area contributed by atoms with Crippen LogP contribution in [0.1, 0.15) is 31.5 Å². The van der Waals surface area contributed by atoms with Crippen molar-refractivity contribution >= 4 is 21.8 Å². The van der Waals surface area contributed by atoms with E-state index in [1.54, 1.807) is 11.8 Å². The maximum absolute atomic E-state index is 12.3. The number of sulfonamides is 1. The number of aromatic nitrogens is 2. The average Bonchev–Trinajstić information content (AvgIpc) is 2.79. The molecule has 1 aromatic rings. The lowest BCUT2D eigenvalue weighted by atomic mass is 10.2. The lowest BCUT2D eigenvalue weighted by Crippen LogP contribution is -2.31. The molecule has 20 heavy (non-hydrogen) atoms. The highest BCUT2D eigenvalue weighted by Crippen LogP contribution is 2.16. The molecule has 0 bridgehead atoms. The molecule has 0 aliphatic carbocycles. The van der Waals surface area contributed by atoms with Gasteiger partial charge in [-0.25, -0.2) is 13.1 Å². The van der Waals surface area contributed by atoms with Gasteiger partial charge in [-0.15, -0.1) is 0 Å². The Labute approximate surface area is 125 Å². The highest BCUT2D eigenvalue weighted by Gasteiger charge is 2.23. The third-order valence-corrected chi connectivity index (χ3v) is 5.35. The number of hydrogen-bond acceptors (Lipinski definition) is 5. The monoisotopic (exact) mass is 320 g/mol. The van der Waals surface area contributed by atoms with Crippen LogP contribution < -0.4 is 10.0 Å². The molecule has 1 heterocycles. The van der Waals surface area contributed by atoms with Crippen molar-refractivity contribution in [3.05, 3.63) is 11.3 Å². The number of thioether (sulfide) groups is 1. The summed E-state index contributed by atoms with van der Waals surface area (Å²) < 4.78 is 27.2. The first-order chi connectivity index (χ1) is 9.42. The van der Waals surface area contributed by atoms with Gasteiger partial charge in [0.25, 0.3) is 10.0 Å². The van der Waals surface area contributed by atoms with Crippen LogP contribution in [0.5, 0.6) is 0 Å². The first-order valence-electron chi connectivity index (χ1n) is 6.69. The van der Waals surface area contributed by atoms with Crippen LogP contribution in [0.3, 0.4) is 0 Å². The summed E-state index contributed by atoms with van der Waals surface area (Å²) in [5.74, 6) is 0. The van der Waals surface area contributed by atoms with Crippen molar-refractivity contribution in [3.63, 3.8) is 0 Å². The molecule has 116 valence electrons. The van der Waals surface area contributed by atoms with Crippen molar-refractivity contribution < 1.29 is 8.42 Å². The predicted octanol–water partition coefficient (Wildman–Crippen LogP) is 1.25. The van der Waals surface area contributed by atoms with Crippen molar-refractivity contribution in [3.8, 4) is 0 Å². The van der Waals surface area contributed by atoms with E-state index in [0.29, 0.717) is 18.7 Å². The van der Waals surface area contributed by atoms with Gasteiger partial charge in [0.05, 0.1) is 0 Å². The standard InChI is InChI=1S/C12H24N4O2S2/c1-5-6-13-8-11-10(3)15-16-12(11)20(17,18)14-7-9(2)19-4/h9,13-14H,5-8H2,1-4H3,(H,15,16). The van der Waals surface area contributed by atoms with Crippen molar-refractivity contribution in [2.24, 2.45) is 0 Å². The third kappa shape index (κ3) is 4.76. The Balaban J connectivity index is 2.83. The smallest absolute Gasteiger partial charge is 0.260 e. The zero-order chi connectivity index (χ0) is 15.2. The molecule has 0 aromatic carbocycles. The Kier molecular flexibility index (Phi) is 7.01. The van der Waals surface area contributed by atoms with E-state index in [2.05, 4.69) is 27.2 Å². The van der Waals surface area contributed by atoms with Gasteiger partial charge in [-0.2, -0.15) is 16.9 Å².